The van der Waals surface area contributed by atoms with Gasteiger partial charge in [0.15, 0.2) is 0 Å². The van der Waals surface area contributed by atoms with Crippen molar-refractivity contribution in [2.45, 2.75) is 25.7 Å². The van der Waals surface area contributed by atoms with Crippen LogP contribution in [0.5, 0.6) is 0 Å². The molecule has 1 fully saturated rings. The fourth-order valence-electron chi connectivity index (χ4n) is 2.66. The van der Waals surface area contributed by atoms with Gasteiger partial charge in [0.05, 0.1) is 20.3 Å². The number of benzene rings is 1. The van der Waals surface area contributed by atoms with E-state index in [2.05, 4.69) is 20.1 Å². The van der Waals surface area contributed by atoms with Crippen LogP contribution in [0.4, 0.5) is 11.4 Å². The van der Waals surface area contributed by atoms with Gasteiger partial charge >= 0.3 is 11.9 Å². The summed E-state index contributed by atoms with van der Waals surface area (Å²) in [5, 5.41) is 5.70. The minimum Gasteiger partial charge on any atom is -0.466 e. The van der Waals surface area contributed by atoms with Gasteiger partial charge in [-0.25, -0.2) is 9.59 Å². The summed E-state index contributed by atoms with van der Waals surface area (Å²) in [7, 11) is 2.44. The quantitative estimate of drug-likeness (QED) is 0.607. The van der Waals surface area contributed by atoms with Gasteiger partial charge in [0.25, 0.3) is 0 Å². The van der Waals surface area contributed by atoms with Gasteiger partial charge in [-0.05, 0) is 37.1 Å². The molecule has 7 nitrogen and oxygen atoms in total. The molecule has 0 atom stereocenters. The summed E-state index contributed by atoms with van der Waals surface area (Å²) in [6.45, 7) is 0. The molecule has 0 radical (unpaired) electrons. The average Bonchev–Trinajstić information content (AvgIpc) is 3.16. The second kappa shape index (κ2) is 8.86. The van der Waals surface area contributed by atoms with Gasteiger partial charge in [-0.1, -0.05) is 12.8 Å². The van der Waals surface area contributed by atoms with Crippen LogP contribution in [-0.2, 0) is 23.9 Å². The van der Waals surface area contributed by atoms with Crippen LogP contribution in [0.2, 0.25) is 0 Å². The lowest BCUT2D eigenvalue weighted by Crippen LogP contribution is -2.20. The summed E-state index contributed by atoms with van der Waals surface area (Å²) in [5.41, 5.74) is 1.20. The van der Waals surface area contributed by atoms with E-state index in [-0.39, 0.29) is 17.5 Å². The molecule has 1 amide bonds. The number of methoxy groups -OCH3 is 2. The molecule has 25 heavy (non-hydrogen) atoms. The second-order valence-corrected chi connectivity index (χ2v) is 5.75. The molecule has 0 saturated heterocycles. The molecular weight excluding hydrogens is 324 g/mol. The van der Waals surface area contributed by atoms with Gasteiger partial charge in [0, 0.05) is 17.3 Å². The maximum atomic E-state index is 12.1. The summed E-state index contributed by atoms with van der Waals surface area (Å²) < 4.78 is 9.14. The van der Waals surface area contributed by atoms with Gasteiger partial charge in [-0.15, -0.1) is 0 Å². The van der Waals surface area contributed by atoms with Crippen LogP contribution >= 0.6 is 0 Å². The lowest BCUT2D eigenvalue weighted by Gasteiger charge is -2.12. The van der Waals surface area contributed by atoms with Crippen LogP contribution in [0.15, 0.2) is 36.0 Å². The van der Waals surface area contributed by atoms with Crippen molar-refractivity contribution < 1.29 is 23.9 Å². The molecule has 2 rings (SSSR count). The predicted octanol–water partition coefficient (Wildman–Crippen LogP) is 2.46. The number of amides is 1. The van der Waals surface area contributed by atoms with Crippen LogP contribution in [0, 0.1) is 5.92 Å². The van der Waals surface area contributed by atoms with E-state index in [0.717, 1.165) is 31.8 Å². The number of ether oxygens (including phenoxy) is 2. The SMILES string of the molecule is COC(=O)/C=C(/Nc1ccc(NC(=O)C2CCCC2)cc1)C(=O)OC. The lowest BCUT2D eigenvalue weighted by molar-refractivity contribution is -0.138. The minimum absolute atomic E-state index is 0.0408. The number of nitrogens with one attached hydrogen (secondary N) is 2. The van der Waals surface area contributed by atoms with Crippen LogP contribution in [-0.4, -0.2) is 32.1 Å². The van der Waals surface area contributed by atoms with Crippen LogP contribution in [0.3, 0.4) is 0 Å². The molecule has 1 aliphatic carbocycles. The Balaban J connectivity index is 2.02. The zero-order valence-corrected chi connectivity index (χ0v) is 14.3. The summed E-state index contributed by atoms with van der Waals surface area (Å²) >= 11 is 0. The number of carbonyl (C=O) groups excluding carboxylic acids is 3. The third kappa shape index (κ3) is 5.34. The molecule has 134 valence electrons. The van der Waals surface area contributed by atoms with Crippen LogP contribution in [0.1, 0.15) is 25.7 Å². The van der Waals surface area contributed by atoms with Crippen molar-refractivity contribution in [3.63, 3.8) is 0 Å². The number of anilines is 2. The molecule has 0 bridgehead atoms. The largest absolute Gasteiger partial charge is 0.466 e. The van der Waals surface area contributed by atoms with Crippen molar-refractivity contribution >= 4 is 29.2 Å². The number of esters is 2. The molecule has 2 N–H and O–H groups in total. The fourth-order valence-corrected chi connectivity index (χ4v) is 2.66. The normalized spacial score (nSPS) is 14.7. The van der Waals surface area contributed by atoms with Crippen LogP contribution in [0.25, 0.3) is 0 Å². The first-order valence-electron chi connectivity index (χ1n) is 8.09. The van der Waals surface area contributed by atoms with Crippen LogP contribution < -0.4 is 10.6 Å². The monoisotopic (exact) mass is 346 g/mol. The van der Waals surface area contributed by atoms with Crippen molar-refractivity contribution in [1.29, 1.82) is 0 Å². The third-order valence-electron chi connectivity index (χ3n) is 4.03. The molecule has 1 aliphatic rings. The second-order valence-electron chi connectivity index (χ2n) is 5.75. The first-order chi connectivity index (χ1) is 12.0. The molecule has 0 aliphatic heterocycles. The van der Waals surface area contributed by atoms with Crippen molar-refractivity contribution in [3.8, 4) is 0 Å². The van der Waals surface area contributed by atoms with Crippen molar-refractivity contribution in [1.82, 2.24) is 0 Å². The number of hydrogen-bond acceptors (Lipinski definition) is 6. The highest BCUT2D eigenvalue weighted by Gasteiger charge is 2.22. The summed E-state index contributed by atoms with van der Waals surface area (Å²) in [6.07, 6.45) is 5.09. The van der Waals surface area contributed by atoms with E-state index in [4.69, 9.17) is 0 Å². The predicted molar refractivity (Wildman–Crippen MR) is 92.8 cm³/mol. The minimum atomic E-state index is -0.691. The van der Waals surface area contributed by atoms with Gasteiger partial charge in [0.1, 0.15) is 5.70 Å². The van der Waals surface area contributed by atoms with E-state index < -0.39 is 11.9 Å². The molecule has 0 aromatic heterocycles. The Morgan fingerprint density at radius 3 is 2.04 bits per heavy atom. The Morgan fingerprint density at radius 1 is 0.960 bits per heavy atom. The fraction of sp³-hybridized carbons (Fsp3) is 0.389. The van der Waals surface area contributed by atoms with Gasteiger partial charge in [-0.3, -0.25) is 4.79 Å². The summed E-state index contributed by atoms with van der Waals surface area (Å²) in [5.74, 6) is -1.23. The molecule has 1 aromatic rings. The molecule has 7 heteroatoms. The Morgan fingerprint density at radius 2 is 1.52 bits per heavy atom. The third-order valence-corrected chi connectivity index (χ3v) is 4.03. The van der Waals surface area contributed by atoms with Crippen molar-refractivity contribution in [2.75, 3.05) is 24.9 Å². The van der Waals surface area contributed by atoms with Gasteiger partial charge < -0.3 is 20.1 Å². The highest BCUT2D eigenvalue weighted by atomic mass is 16.5. The Bertz CT molecular complexity index is 661. The Hall–Kier alpha value is -2.83. The van der Waals surface area contributed by atoms with E-state index in [1.165, 1.54) is 14.2 Å². The average molecular weight is 346 g/mol. The molecule has 1 aromatic carbocycles. The maximum absolute atomic E-state index is 12.1. The number of hydrogen-bond donors (Lipinski definition) is 2. The van der Waals surface area contributed by atoms with E-state index in [9.17, 15) is 14.4 Å². The number of rotatable bonds is 6. The van der Waals surface area contributed by atoms with E-state index >= 15 is 0 Å². The Kier molecular flexibility index (Phi) is 6.56. The van der Waals surface area contributed by atoms with Crippen molar-refractivity contribution in [2.24, 2.45) is 5.92 Å². The topological polar surface area (TPSA) is 93.7 Å². The molecular formula is C18H22N2O5. The summed E-state index contributed by atoms with van der Waals surface area (Å²) in [4.78, 5) is 35.2. The highest BCUT2D eigenvalue weighted by molar-refractivity contribution is 5.99. The molecule has 0 spiro atoms. The zero-order valence-electron chi connectivity index (χ0n) is 14.3. The van der Waals surface area contributed by atoms with E-state index in [1.807, 2.05) is 0 Å². The highest BCUT2D eigenvalue weighted by Crippen LogP contribution is 2.26. The molecule has 0 heterocycles. The number of carbonyl (C=O) groups is 3. The molecule has 0 unspecified atom stereocenters. The van der Waals surface area contributed by atoms with E-state index in [1.54, 1.807) is 24.3 Å². The maximum Gasteiger partial charge on any atom is 0.354 e. The molecule has 1 saturated carbocycles. The summed E-state index contributed by atoms with van der Waals surface area (Å²) in [6, 6.07) is 6.83. The zero-order chi connectivity index (χ0) is 18.2. The van der Waals surface area contributed by atoms with Gasteiger partial charge in [0.2, 0.25) is 5.91 Å². The smallest absolute Gasteiger partial charge is 0.354 e. The Labute approximate surface area is 146 Å². The van der Waals surface area contributed by atoms with E-state index in [0.29, 0.717) is 11.4 Å². The van der Waals surface area contributed by atoms with Gasteiger partial charge in [-0.2, -0.15) is 0 Å². The first-order valence-corrected chi connectivity index (χ1v) is 8.09. The lowest BCUT2D eigenvalue weighted by atomic mass is 10.1. The van der Waals surface area contributed by atoms with Crippen molar-refractivity contribution in [3.05, 3.63) is 36.0 Å². The first kappa shape index (κ1) is 18.5. The standard InChI is InChI=1S/C18H22N2O5/c1-24-16(21)11-15(18(23)25-2)19-13-7-9-14(10-8-13)20-17(22)12-5-3-4-6-12/h7-12,19H,3-6H2,1-2H3,(H,20,22)/b15-11+.